The number of amides is 1. The second-order valence-electron chi connectivity index (χ2n) is 5.83. The summed E-state index contributed by atoms with van der Waals surface area (Å²) in [6.45, 7) is 7.31. The maximum atomic E-state index is 12.3. The molecule has 21 heavy (non-hydrogen) atoms. The van der Waals surface area contributed by atoms with Gasteiger partial charge in [-0.2, -0.15) is 0 Å². The average molecular weight is 312 g/mol. The molecule has 1 aliphatic heterocycles. The molecule has 1 aliphatic rings. The summed E-state index contributed by atoms with van der Waals surface area (Å²) in [5.74, 6) is 1.55. The van der Waals surface area contributed by atoms with Crippen molar-refractivity contribution in [2.24, 2.45) is 5.92 Å². The largest absolute Gasteiger partial charge is 0.486 e. The van der Waals surface area contributed by atoms with Crippen molar-refractivity contribution in [2.45, 2.75) is 39.7 Å². The number of halogens is 1. The first-order valence-electron chi connectivity index (χ1n) is 7.37. The number of carbonyl (C=O) groups excluding carboxylic acids is 1. The van der Waals surface area contributed by atoms with Crippen LogP contribution in [0.2, 0.25) is 5.02 Å². The van der Waals surface area contributed by atoms with Gasteiger partial charge in [-0.1, -0.05) is 25.4 Å². The average Bonchev–Trinajstić information content (AvgIpc) is 2.45. The van der Waals surface area contributed by atoms with Gasteiger partial charge in [0.15, 0.2) is 11.5 Å². The van der Waals surface area contributed by atoms with Crippen LogP contribution in [-0.4, -0.2) is 25.2 Å². The van der Waals surface area contributed by atoms with Crippen LogP contribution in [0.15, 0.2) is 12.1 Å². The van der Waals surface area contributed by atoms with Gasteiger partial charge in [0, 0.05) is 11.6 Å². The van der Waals surface area contributed by atoms with Crippen molar-refractivity contribution < 1.29 is 14.3 Å². The molecule has 4 nitrogen and oxygen atoms in total. The van der Waals surface area contributed by atoms with E-state index in [9.17, 15) is 4.79 Å². The molecular formula is C16H22ClNO3. The number of hydrogen-bond donors (Lipinski definition) is 1. The lowest BCUT2D eigenvalue weighted by molar-refractivity contribution is 0.0936. The summed E-state index contributed by atoms with van der Waals surface area (Å²) >= 11 is 6.15. The van der Waals surface area contributed by atoms with Crippen LogP contribution in [0, 0.1) is 5.92 Å². The first kappa shape index (κ1) is 16.0. The maximum absolute atomic E-state index is 12.3. The second-order valence-corrected chi connectivity index (χ2v) is 6.24. The molecule has 0 saturated carbocycles. The van der Waals surface area contributed by atoms with Crippen molar-refractivity contribution >= 4 is 17.5 Å². The molecule has 1 heterocycles. The zero-order valence-corrected chi connectivity index (χ0v) is 13.5. The van der Waals surface area contributed by atoms with Crippen LogP contribution >= 0.6 is 11.6 Å². The molecule has 0 spiro atoms. The summed E-state index contributed by atoms with van der Waals surface area (Å²) in [4.78, 5) is 12.3. The van der Waals surface area contributed by atoms with Gasteiger partial charge < -0.3 is 14.8 Å². The lowest BCUT2D eigenvalue weighted by Gasteiger charge is -2.21. The van der Waals surface area contributed by atoms with E-state index in [1.165, 1.54) is 0 Å². The SMILES string of the molecule is CC(C)CC[C@@H](C)NC(=O)c1cc(Cl)c2c(c1)OCCO2. The summed E-state index contributed by atoms with van der Waals surface area (Å²) in [6.07, 6.45) is 2.05. The number of hydrogen-bond acceptors (Lipinski definition) is 3. The fraction of sp³-hybridized carbons (Fsp3) is 0.562. The molecule has 1 aromatic rings. The van der Waals surface area contributed by atoms with E-state index in [1.807, 2.05) is 6.92 Å². The highest BCUT2D eigenvalue weighted by molar-refractivity contribution is 6.32. The van der Waals surface area contributed by atoms with Gasteiger partial charge in [0.2, 0.25) is 0 Å². The number of ether oxygens (including phenoxy) is 2. The number of fused-ring (bicyclic) bond motifs is 1. The predicted molar refractivity (Wildman–Crippen MR) is 83.4 cm³/mol. The van der Waals surface area contributed by atoms with Gasteiger partial charge in [-0.25, -0.2) is 0 Å². The van der Waals surface area contributed by atoms with Gasteiger partial charge in [0.1, 0.15) is 13.2 Å². The third-order valence-corrected chi connectivity index (χ3v) is 3.69. The Morgan fingerprint density at radius 3 is 2.67 bits per heavy atom. The zero-order valence-electron chi connectivity index (χ0n) is 12.7. The summed E-state index contributed by atoms with van der Waals surface area (Å²) in [5.41, 5.74) is 0.501. The Labute approximate surface area is 130 Å². The normalized spacial score (nSPS) is 14.9. The predicted octanol–water partition coefficient (Wildman–Crippen LogP) is 3.67. The molecule has 0 aromatic heterocycles. The smallest absolute Gasteiger partial charge is 0.251 e. The lowest BCUT2D eigenvalue weighted by atomic mass is 10.0. The first-order valence-corrected chi connectivity index (χ1v) is 7.75. The van der Waals surface area contributed by atoms with Crippen molar-refractivity contribution in [3.63, 3.8) is 0 Å². The van der Waals surface area contributed by atoms with Gasteiger partial charge in [0.25, 0.3) is 5.91 Å². The number of nitrogens with one attached hydrogen (secondary N) is 1. The topological polar surface area (TPSA) is 47.6 Å². The van der Waals surface area contributed by atoms with Crippen LogP contribution in [0.1, 0.15) is 44.0 Å². The van der Waals surface area contributed by atoms with E-state index in [1.54, 1.807) is 12.1 Å². The van der Waals surface area contributed by atoms with Crippen LogP contribution in [0.4, 0.5) is 0 Å². The van der Waals surface area contributed by atoms with E-state index >= 15 is 0 Å². The standard InChI is InChI=1S/C16H22ClNO3/c1-10(2)4-5-11(3)18-16(19)12-8-13(17)15-14(9-12)20-6-7-21-15/h8-11H,4-7H2,1-3H3,(H,18,19)/t11-/m1/s1. The first-order chi connectivity index (χ1) is 9.97. The zero-order chi connectivity index (χ0) is 15.4. The fourth-order valence-electron chi connectivity index (χ4n) is 2.20. The molecule has 0 aliphatic carbocycles. The second kappa shape index (κ2) is 7.03. The lowest BCUT2D eigenvalue weighted by Crippen LogP contribution is -2.32. The van der Waals surface area contributed by atoms with Crippen LogP contribution in [0.5, 0.6) is 11.5 Å². The number of carbonyl (C=O) groups is 1. The van der Waals surface area contributed by atoms with Gasteiger partial charge >= 0.3 is 0 Å². The van der Waals surface area contributed by atoms with Crippen molar-refractivity contribution in [1.29, 1.82) is 0 Å². The highest BCUT2D eigenvalue weighted by Crippen LogP contribution is 2.38. The summed E-state index contributed by atoms with van der Waals surface area (Å²) < 4.78 is 10.9. The van der Waals surface area contributed by atoms with E-state index < -0.39 is 0 Å². The van der Waals surface area contributed by atoms with Gasteiger partial charge in [0.05, 0.1) is 5.02 Å². The molecule has 0 radical (unpaired) electrons. The maximum Gasteiger partial charge on any atom is 0.251 e. The number of benzene rings is 1. The van der Waals surface area contributed by atoms with Crippen LogP contribution < -0.4 is 14.8 Å². The Bertz CT molecular complexity index is 516. The van der Waals surface area contributed by atoms with E-state index in [2.05, 4.69) is 19.2 Å². The third-order valence-electron chi connectivity index (χ3n) is 3.41. The van der Waals surface area contributed by atoms with Gasteiger partial charge in [-0.15, -0.1) is 0 Å². The molecule has 0 bridgehead atoms. The molecule has 1 amide bonds. The van der Waals surface area contributed by atoms with E-state index in [0.29, 0.717) is 41.2 Å². The summed E-state index contributed by atoms with van der Waals surface area (Å²) in [5, 5.41) is 3.40. The number of rotatable bonds is 5. The molecule has 0 unspecified atom stereocenters. The van der Waals surface area contributed by atoms with Crippen molar-refractivity contribution in [3.05, 3.63) is 22.7 Å². The molecule has 1 aromatic carbocycles. The molecule has 2 rings (SSSR count). The van der Waals surface area contributed by atoms with Gasteiger partial charge in [-0.05, 0) is 37.8 Å². The molecule has 0 fully saturated rings. The quantitative estimate of drug-likeness (QED) is 0.902. The highest BCUT2D eigenvalue weighted by atomic mass is 35.5. The van der Waals surface area contributed by atoms with Crippen LogP contribution in [-0.2, 0) is 0 Å². The molecule has 5 heteroatoms. The third kappa shape index (κ3) is 4.27. The van der Waals surface area contributed by atoms with Crippen LogP contribution in [0.25, 0.3) is 0 Å². The molecule has 1 atom stereocenters. The fourth-order valence-corrected chi connectivity index (χ4v) is 2.47. The molecule has 1 N–H and O–H groups in total. The van der Waals surface area contributed by atoms with E-state index in [-0.39, 0.29) is 11.9 Å². The monoisotopic (exact) mass is 311 g/mol. The molecular weight excluding hydrogens is 290 g/mol. The minimum atomic E-state index is -0.134. The van der Waals surface area contributed by atoms with Crippen molar-refractivity contribution in [1.82, 2.24) is 5.32 Å². The highest BCUT2D eigenvalue weighted by Gasteiger charge is 2.20. The Morgan fingerprint density at radius 1 is 1.24 bits per heavy atom. The van der Waals surface area contributed by atoms with Crippen molar-refractivity contribution in [3.8, 4) is 11.5 Å². The Balaban J connectivity index is 2.04. The van der Waals surface area contributed by atoms with Gasteiger partial charge in [-0.3, -0.25) is 4.79 Å². The minimum absolute atomic E-state index is 0.131. The summed E-state index contributed by atoms with van der Waals surface area (Å²) in [7, 11) is 0. The summed E-state index contributed by atoms with van der Waals surface area (Å²) in [6, 6.07) is 3.44. The molecule has 0 saturated heterocycles. The van der Waals surface area contributed by atoms with E-state index in [4.69, 9.17) is 21.1 Å². The minimum Gasteiger partial charge on any atom is -0.486 e. The van der Waals surface area contributed by atoms with E-state index in [0.717, 1.165) is 12.8 Å². The Morgan fingerprint density at radius 2 is 1.95 bits per heavy atom. The van der Waals surface area contributed by atoms with Crippen LogP contribution in [0.3, 0.4) is 0 Å². The Hall–Kier alpha value is -1.42. The van der Waals surface area contributed by atoms with Crippen molar-refractivity contribution in [2.75, 3.05) is 13.2 Å². The Kier molecular flexibility index (Phi) is 5.34. The molecule has 116 valence electrons.